The Labute approximate surface area is 146 Å². The summed E-state index contributed by atoms with van der Waals surface area (Å²) >= 11 is 1.70. The Kier molecular flexibility index (Phi) is 4.73. The Hall–Kier alpha value is -1.73. The molecule has 0 radical (unpaired) electrons. The molecule has 1 fully saturated rings. The van der Waals surface area contributed by atoms with E-state index in [0.717, 1.165) is 22.0 Å². The molecule has 0 unspecified atom stereocenters. The zero-order valence-corrected chi connectivity index (χ0v) is 15.7. The van der Waals surface area contributed by atoms with Crippen molar-refractivity contribution in [3.8, 4) is 0 Å². The molecule has 24 heavy (non-hydrogen) atoms. The molecule has 1 aliphatic rings. The molecule has 1 N–H and O–H groups in total. The SMILES string of the molecule is Cc1c([C@H]2[C@H](NCc3csc(C(C)C)n3)CC(=O)N2C)cnn1C. The maximum absolute atomic E-state index is 12.2. The summed E-state index contributed by atoms with van der Waals surface area (Å²) in [5.74, 6) is 0.621. The quantitative estimate of drug-likeness (QED) is 0.902. The Bertz CT molecular complexity index is 735. The molecule has 1 saturated heterocycles. The molecule has 0 bridgehead atoms. The van der Waals surface area contributed by atoms with Crippen molar-refractivity contribution in [2.75, 3.05) is 7.05 Å². The molecule has 3 heterocycles. The van der Waals surface area contributed by atoms with Gasteiger partial charge in [0.15, 0.2) is 0 Å². The summed E-state index contributed by atoms with van der Waals surface area (Å²) in [5, 5.41) is 11.1. The van der Waals surface area contributed by atoms with Gasteiger partial charge in [-0.15, -0.1) is 11.3 Å². The number of likely N-dealkylation sites (tertiary alicyclic amines) is 1. The minimum atomic E-state index is 0.0226. The molecule has 0 aromatic carbocycles. The van der Waals surface area contributed by atoms with Gasteiger partial charge in [0, 0.05) is 55.7 Å². The van der Waals surface area contributed by atoms with Crippen LogP contribution in [-0.4, -0.2) is 38.7 Å². The van der Waals surface area contributed by atoms with E-state index in [9.17, 15) is 4.79 Å². The van der Waals surface area contributed by atoms with Gasteiger partial charge in [-0.1, -0.05) is 13.8 Å². The van der Waals surface area contributed by atoms with Crippen LogP contribution in [0.25, 0.3) is 0 Å². The first kappa shape index (κ1) is 17.1. The van der Waals surface area contributed by atoms with Crippen LogP contribution >= 0.6 is 11.3 Å². The van der Waals surface area contributed by atoms with Crippen LogP contribution in [0.15, 0.2) is 11.6 Å². The van der Waals surface area contributed by atoms with Crippen LogP contribution in [0.4, 0.5) is 0 Å². The van der Waals surface area contributed by atoms with E-state index in [1.807, 2.05) is 36.8 Å². The third-order valence-electron chi connectivity index (χ3n) is 4.79. The van der Waals surface area contributed by atoms with Crippen molar-refractivity contribution in [1.29, 1.82) is 0 Å². The number of rotatable bonds is 5. The zero-order chi connectivity index (χ0) is 17.4. The third kappa shape index (κ3) is 3.10. The highest BCUT2D eigenvalue weighted by atomic mass is 32.1. The molecule has 130 valence electrons. The first-order chi connectivity index (χ1) is 11.4. The first-order valence-electron chi connectivity index (χ1n) is 8.30. The summed E-state index contributed by atoms with van der Waals surface area (Å²) in [6.45, 7) is 7.04. The van der Waals surface area contributed by atoms with Crippen LogP contribution < -0.4 is 5.32 Å². The second-order valence-corrected chi connectivity index (χ2v) is 7.67. The predicted octanol–water partition coefficient (Wildman–Crippen LogP) is 2.37. The number of likely N-dealkylation sites (N-methyl/N-ethyl adjacent to an activating group) is 1. The molecule has 0 saturated carbocycles. The minimum Gasteiger partial charge on any atom is -0.337 e. The van der Waals surface area contributed by atoms with Gasteiger partial charge in [0.05, 0.1) is 22.9 Å². The highest BCUT2D eigenvalue weighted by molar-refractivity contribution is 7.09. The summed E-state index contributed by atoms with van der Waals surface area (Å²) in [6.07, 6.45) is 2.39. The van der Waals surface area contributed by atoms with Gasteiger partial charge in [0.2, 0.25) is 5.91 Å². The summed E-state index contributed by atoms with van der Waals surface area (Å²) in [6, 6.07) is 0.101. The van der Waals surface area contributed by atoms with Crippen LogP contribution in [0.3, 0.4) is 0 Å². The number of carbonyl (C=O) groups is 1. The van der Waals surface area contributed by atoms with E-state index in [-0.39, 0.29) is 18.0 Å². The fraction of sp³-hybridized carbons (Fsp3) is 0.588. The van der Waals surface area contributed by atoms with E-state index in [2.05, 4.69) is 34.6 Å². The van der Waals surface area contributed by atoms with Gasteiger partial charge in [0.1, 0.15) is 0 Å². The molecule has 0 aliphatic carbocycles. The minimum absolute atomic E-state index is 0.0226. The molecular weight excluding hydrogens is 322 g/mol. The zero-order valence-electron chi connectivity index (χ0n) is 14.9. The maximum Gasteiger partial charge on any atom is 0.224 e. The monoisotopic (exact) mass is 347 g/mol. The van der Waals surface area contributed by atoms with E-state index in [4.69, 9.17) is 0 Å². The fourth-order valence-corrected chi connectivity index (χ4v) is 4.02. The van der Waals surface area contributed by atoms with Crippen molar-refractivity contribution in [3.05, 3.63) is 33.5 Å². The van der Waals surface area contributed by atoms with Crippen molar-refractivity contribution >= 4 is 17.2 Å². The first-order valence-corrected chi connectivity index (χ1v) is 9.18. The van der Waals surface area contributed by atoms with Gasteiger partial charge in [0.25, 0.3) is 0 Å². The lowest BCUT2D eigenvalue weighted by Crippen LogP contribution is -2.35. The summed E-state index contributed by atoms with van der Waals surface area (Å²) in [4.78, 5) is 18.7. The molecule has 6 nitrogen and oxygen atoms in total. The smallest absolute Gasteiger partial charge is 0.224 e. The molecule has 1 aliphatic heterocycles. The summed E-state index contributed by atoms with van der Waals surface area (Å²) < 4.78 is 1.86. The maximum atomic E-state index is 12.2. The molecule has 0 spiro atoms. The van der Waals surface area contributed by atoms with E-state index >= 15 is 0 Å². The van der Waals surface area contributed by atoms with Gasteiger partial charge in [-0.3, -0.25) is 9.48 Å². The second-order valence-electron chi connectivity index (χ2n) is 6.78. The Balaban J connectivity index is 1.75. The van der Waals surface area contributed by atoms with Crippen LogP contribution in [0.5, 0.6) is 0 Å². The number of hydrogen-bond acceptors (Lipinski definition) is 5. The number of thiazole rings is 1. The molecule has 2 aromatic heterocycles. The lowest BCUT2D eigenvalue weighted by atomic mass is 10.0. The number of nitrogens with zero attached hydrogens (tertiary/aromatic N) is 4. The van der Waals surface area contributed by atoms with E-state index in [1.54, 1.807) is 11.3 Å². The van der Waals surface area contributed by atoms with Crippen LogP contribution in [0.1, 0.15) is 54.2 Å². The predicted molar refractivity (Wildman–Crippen MR) is 94.9 cm³/mol. The molecule has 1 amide bonds. The Morgan fingerprint density at radius 3 is 2.75 bits per heavy atom. The van der Waals surface area contributed by atoms with Crippen LogP contribution in [0, 0.1) is 6.92 Å². The van der Waals surface area contributed by atoms with Crippen molar-refractivity contribution in [3.63, 3.8) is 0 Å². The number of carbonyl (C=O) groups excluding carboxylic acids is 1. The normalized spacial score (nSPS) is 21.2. The van der Waals surface area contributed by atoms with Crippen molar-refractivity contribution in [2.45, 2.75) is 51.7 Å². The van der Waals surface area contributed by atoms with Gasteiger partial charge in [-0.05, 0) is 6.92 Å². The topological polar surface area (TPSA) is 63.1 Å². The molecular formula is C17H25N5OS. The van der Waals surface area contributed by atoms with Crippen molar-refractivity contribution in [2.24, 2.45) is 7.05 Å². The summed E-state index contributed by atoms with van der Waals surface area (Å²) in [5.41, 5.74) is 3.26. The average Bonchev–Trinajstić information content (AvgIpc) is 3.20. The highest BCUT2D eigenvalue weighted by Crippen LogP contribution is 2.33. The summed E-state index contributed by atoms with van der Waals surface area (Å²) in [7, 11) is 3.81. The van der Waals surface area contributed by atoms with Gasteiger partial charge in [-0.2, -0.15) is 5.10 Å². The molecule has 3 rings (SSSR count). The molecule has 2 atom stereocenters. The highest BCUT2D eigenvalue weighted by Gasteiger charge is 2.39. The van der Waals surface area contributed by atoms with E-state index in [0.29, 0.717) is 18.9 Å². The second kappa shape index (κ2) is 6.64. The molecule has 7 heteroatoms. The fourth-order valence-electron chi connectivity index (χ4n) is 3.19. The van der Waals surface area contributed by atoms with E-state index in [1.165, 1.54) is 0 Å². The standard InChI is InChI=1S/C17H25N5OS/c1-10(2)17-20-12(9-24-17)7-18-14-6-15(23)21(4)16(14)13-8-19-22(5)11(13)3/h8-10,14,16,18H,6-7H2,1-5H3/t14-,16+/m1/s1. The number of aromatic nitrogens is 3. The van der Waals surface area contributed by atoms with Crippen molar-refractivity contribution in [1.82, 2.24) is 25.0 Å². The molecule has 2 aromatic rings. The lowest BCUT2D eigenvalue weighted by Gasteiger charge is -2.25. The third-order valence-corrected chi connectivity index (χ3v) is 5.98. The average molecular weight is 347 g/mol. The lowest BCUT2D eigenvalue weighted by molar-refractivity contribution is -0.127. The number of amides is 1. The van der Waals surface area contributed by atoms with Crippen LogP contribution in [-0.2, 0) is 18.4 Å². The largest absolute Gasteiger partial charge is 0.337 e. The van der Waals surface area contributed by atoms with Crippen LogP contribution in [0.2, 0.25) is 0 Å². The Morgan fingerprint density at radius 1 is 1.42 bits per heavy atom. The van der Waals surface area contributed by atoms with E-state index < -0.39 is 0 Å². The number of aryl methyl sites for hydroxylation is 1. The number of nitrogens with one attached hydrogen (secondary N) is 1. The van der Waals surface area contributed by atoms with Gasteiger partial charge in [-0.25, -0.2) is 4.98 Å². The number of hydrogen-bond donors (Lipinski definition) is 1. The Morgan fingerprint density at radius 2 is 2.17 bits per heavy atom. The van der Waals surface area contributed by atoms with Crippen molar-refractivity contribution < 1.29 is 4.79 Å². The van der Waals surface area contributed by atoms with Gasteiger partial charge < -0.3 is 10.2 Å². The van der Waals surface area contributed by atoms with Gasteiger partial charge >= 0.3 is 0 Å².